The summed E-state index contributed by atoms with van der Waals surface area (Å²) in [6.45, 7) is 4.54. The van der Waals surface area contributed by atoms with Gasteiger partial charge in [0.1, 0.15) is 5.75 Å². The topological polar surface area (TPSA) is 29.5 Å². The predicted octanol–water partition coefficient (Wildman–Crippen LogP) is 3.18. The molecular weight excluding hydrogens is 220 g/mol. The summed E-state index contributed by atoms with van der Waals surface area (Å²) >= 11 is 1.83. The summed E-state index contributed by atoms with van der Waals surface area (Å²) in [7, 11) is 0. The van der Waals surface area contributed by atoms with Gasteiger partial charge in [-0.1, -0.05) is 6.07 Å². The third-order valence-corrected chi connectivity index (χ3v) is 3.13. The van der Waals surface area contributed by atoms with Gasteiger partial charge in [-0.3, -0.25) is 0 Å². The lowest BCUT2D eigenvalue weighted by Gasteiger charge is -2.11. The van der Waals surface area contributed by atoms with Gasteiger partial charge in [-0.25, -0.2) is 0 Å². The lowest BCUT2D eigenvalue weighted by molar-refractivity contribution is 0.199. The molecule has 0 bridgehead atoms. The van der Waals surface area contributed by atoms with Gasteiger partial charge < -0.3 is 9.84 Å². The lowest BCUT2D eigenvalue weighted by atomic mass is 10.1. The van der Waals surface area contributed by atoms with Crippen molar-refractivity contribution in [3.8, 4) is 5.75 Å². The van der Waals surface area contributed by atoms with Crippen LogP contribution in [0.1, 0.15) is 30.6 Å². The first-order chi connectivity index (χ1) is 7.65. The highest BCUT2D eigenvalue weighted by atomic mass is 32.2. The fraction of sp³-hybridized carbons (Fsp3) is 0.538. The van der Waals surface area contributed by atoms with E-state index in [1.165, 1.54) is 0 Å². The summed E-state index contributed by atoms with van der Waals surface area (Å²) in [5.74, 6) is 2.05. The molecule has 0 aliphatic heterocycles. The molecule has 0 saturated heterocycles. The van der Waals surface area contributed by atoms with Crippen LogP contribution in [0.3, 0.4) is 0 Å². The molecule has 1 aromatic rings. The molecule has 2 nitrogen and oxygen atoms in total. The molecule has 0 spiro atoms. The number of thioether (sulfide) groups is 1. The van der Waals surface area contributed by atoms with Gasteiger partial charge in [0.05, 0.1) is 12.7 Å². The minimum absolute atomic E-state index is 0.413. The van der Waals surface area contributed by atoms with E-state index in [1.54, 1.807) is 6.92 Å². The molecule has 0 aliphatic rings. The molecule has 0 aromatic heterocycles. The second-order valence-electron chi connectivity index (χ2n) is 3.90. The molecule has 0 heterocycles. The zero-order chi connectivity index (χ0) is 12.0. The quantitative estimate of drug-likeness (QED) is 0.774. The van der Waals surface area contributed by atoms with Crippen LogP contribution >= 0.6 is 11.8 Å². The maximum absolute atomic E-state index is 9.44. The fourth-order valence-electron chi connectivity index (χ4n) is 1.48. The number of aliphatic hydroxyl groups is 1. The number of hydrogen-bond acceptors (Lipinski definition) is 3. The van der Waals surface area contributed by atoms with Crippen molar-refractivity contribution in [1.82, 2.24) is 0 Å². The molecule has 90 valence electrons. The van der Waals surface area contributed by atoms with E-state index in [4.69, 9.17) is 4.74 Å². The van der Waals surface area contributed by atoms with Crippen LogP contribution in [-0.4, -0.2) is 23.7 Å². The molecular formula is C13H20O2S. The number of aliphatic hydroxyl groups excluding tert-OH is 1. The smallest absolute Gasteiger partial charge is 0.122 e. The molecule has 1 aromatic carbocycles. The molecule has 0 radical (unpaired) electrons. The average Bonchev–Trinajstić information content (AvgIpc) is 2.26. The Labute approximate surface area is 102 Å². The largest absolute Gasteiger partial charge is 0.493 e. The van der Waals surface area contributed by atoms with Crippen LogP contribution in [0.4, 0.5) is 0 Å². The first-order valence-electron chi connectivity index (χ1n) is 5.55. The predicted molar refractivity (Wildman–Crippen MR) is 70.3 cm³/mol. The van der Waals surface area contributed by atoms with Crippen molar-refractivity contribution >= 4 is 11.8 Å². The van der Waals surface area contributed by atoms with Crippen LogP contribution < -0.4 is 4.74 Å². The van der Waals surface area contributed by atoms with Gasteiger partial charge in [0.2, 0.25) is 0 Å². The van der Waals surface area contributed by atoms with Gasteiger partial charge in [-0.15, -0.1) is 0 Å². The van der Waals surface area contributed by atoms with Crippen molar-refractivity contribution in [2.75, 3.05) is 18.6 Å². The van der Waals surface area contributed by atoms with E-state index >= 15 is 0 Å². The van der Waals surface area contributed by atoms with Crippen molar-refractivity contribution in [1.29, 1.82) is 0 Å². The minimum atomic E-state index is -0.413. The Morgan fingerprint density at radius 2 is 2.19 bits per heavy atom. The van der Waals surface area contributed by atoms with Crippen molar-refractivity contribution < 1.29 is 9.84 Å². The van der Waals surface area contributed by atoms with Crippen LogP contribution in [0.5, 0.6) is 5.75 Å². The summed E-state index contributed by atoms with van der Waals surface area (Å²) in [4.78, 5) is 0. The number of rotatable bonds is 6. The molecule has 0 unspecified atom stereocenters. The molecule has 1 atom stereocenters. The van der Waals surface area contributed by atoms with Gasteiger partial charge in [0.15, 0.2) is 0 Å². The van der Waals surface area contributed by atoms with Crippen LogP contribution in [0, 0.1) is 6.92 Å². The van der Waals surface area contributed by atoms with E-state index in [1.807, 2.05) is 36.9 Å². The maximum Gasteiger partial charge on any atom is 0.122 e. The SMILES string of the molecule is CSCCCOc1ccc([C@H](C)O)cc1C. The van der Waals surface area contributed by atoms with Crippen molar-refractivity contribution in [2.24, 2.45) is 0 Å². The molecule has 0 fully saturated rings. The molecule has 1 rings (SSSR count). The lowest BCUT2D eigenvalue weighted by Crippen LogP contribution is -2.01. The second kappa shape index (κ2) is 6.81. The van der Waals surface area contributed by atoms with Crippen LogP contribution in [0.15, 0.2) is 18.2 Å². The number of benzene rings is 1. The molecule has 0 amide bonds. The number of ether oxygens (including phenoxy) is 1. The van der Waals surface area contributed by atoms with Crippen molar-refractivity contribution in [3.63, 3.8) is 0 Å². The molecule has 0 aliphatic carbocycles. The van der Waals surface area contributed by atoms with E-state index in [9.17, 15) is 5.11 Å². The van der Waals surface area contributed by atoms with Gasteiger partial charge in [-0.2, -0.15) is 11.8 Å². The molecule has 3 heteroatoms. The average molecular weight is 240 g/mol. The van der Waals surface area contributed by atoms with Crippen LogP contribution in [-0.2, 0) is 0 Å². The summed E-state index contributed by atoms with van der Waals surface area (Å²) in [5.41, 5.74) is 2.02. The Balaban J connectivity index is 2.54. The minimum Gasteiger partial charge on any atom is -0.493 e. The summed E-state index contributed by atoms with van der Waals surface area (Å²) < 4.78 is 5.68. The van der Waals surface area contributed by atoms with Crippen molar-refractivity contribution in [2.45, 2.75) is 26.4 Å². The fourth-order valence-corrected chi connectivity index (χ4v) is 1.89. The molecule has 16 heavy (non-hydrogen) atoms. The first-order valence-corrected chi connectivity index (χ1v) is 6.95. The Morgan fingerprint density at radius 1 is 1.44 bits per heavy atom. The zero-order valence-electron chi connectivity index (χ0n) is 10.2. The van der Waals surface area contributed by atoms with E-state index in [2.05, 4.69) is 6.26 Å². The summed E-state index contributed by atoms with van der Waals surface area (Å²) in [5, 5.41) is 9.44. The van der Waals surface area contributed by atoms with E-state index in [0.29, 0.717) is 0 Å². The van der Waals surface area contributed by atoms with Gasteiger partial charge >= 0.3 is 0 Å². The second-order valence-corrected chi connectivity index (χ2v) is 4.88. The first kappa shape index (κ1) is 13.4. The van der Waals surface area contributed by atoms with Gasteiger partial charge in [-0.05, 0) is 55.5 Å². The highest BCUT2D eigenvalue weighted by Crippen LogP contribution is 2.22. The number of aryl methyl sites for hydroxylation is 1. The summed E-state index contributed by atoms with van der Waals surface area (Å²) in [6.07, 6.45) is 2.76. The Bertz CT molecular complexity index is 324. The van der Waals surface area contributed by atoms with Crippen molar-refractivity contribution in [3.05, 3.63) is 29.3 Å². The number of hydrogen-bond donors (Lipinski definition) is 1. The standard InChI is InChI=1S/C13H20O2S/c1-10-9-12(11(2)14)5-6-13(10)15-7-4-8-16-3/h5-6,9,11,14H,4,7-8H2,1-3H3/t11-/m0/s1. The molecule has 0 saturated carbocycles. The highest BCUT2D eigenvalue weighted by molar-refractivity contribution is 7.98. The van der Waals surface area contributed by atoms with E-state index < -0.39 is 6.10 Å². The summed E-state index contributed by atoms with van der Waals surface area (Å²) in [6, 6.07) is 5.84. The normalized spacial score (nSPS) is 12.5. The zero-order valence-corrected chi connectivity index (χ0v) is 11.0. The third kappa shape index (κ3) is 4.06. The Kier molecular flexibility index (Phi) is 5.71. The highest BCUT2D eigenvalue weighted by Gasteiger charge is 2.04. The van der Waals surface area contributed by atoms with Gasteiger partial charge in [0, 0.05) is 0 Å². The third-order valence-electron chi connectivity index (χ3n) is 2.43. The van der Waals surface area contributed by atoms with E-state index in [-0.39, 0.29) is 0 Å². The Hall–Kier alpha value is -0.670. The van der Waals surface area contributed by atoms with Crippen LogP contribution in [0.25, 0.3) is 0 Å². The maximum atomic E-state index is 9.44. The monoisotopic (exact) mass is 240 g/mol. The molecule has 1 N–H and O–H groups in total. The van der Waals surface area contributed by atoms with Crippen LogP contribution in [0.2, 0.25) is 0 Å². The van der Waals surface area contributed by atoms with E-state index in [0.717, 1.165) is 35.7 Å². The van der Waals surface area contributed by atoms with Gasteiger partial charge in [0.25, 0.3) is 0 Å². The Morgan fingerprint density at radius 3 is 2.75 bits per heavy atom.